The maximum absolute atomic E-state index is 6.36. The SMILES string of the molecule is Cc1ccc(C)c(NC(=S)NC[C@H](c2ccccc2Cl)[NH+](C)C)c1. The number of hydrogen-bond acceptors (Lipinski definition) is 1. The minimum atomic E-state index is 0.219. The molecule has 0 unspecified atom stereocenters. The second-order valence-electron chi connectivity index (χ2n) is 6.30. The quantitative estimate of drug-likeness (QED) is 0.714. The fraction of sp³-hybridized carbons (Fsp3) is 0.316. The van der Waals surface area contributed by atoms with Gasteiger partial charge in [0.25, 0.3) is 0 Å². The van der Waals surface area contributed by atoms with E-state index in [4.69, 9.17) is 23.8 Å². The van der Waals surface area contributed by atoms with Crippen molar-refractivity contribution in [3.8, 4) is 0 Å². The third-order valence-corrected chi connectivity index (χ3v) is 4.68. The Morgan fingerprint density at radius 2 is 1.88 bits per heavy atom. The third kappa shape index (κ3) is 4.94. The third-order valence-electron chi connectivity index (χ3n) is 4.09. The lowest BCUT2D eigenvalue weighted by Gasteiger charge is -2.24. The van der Waals surface area contributed by atoms with Crippen molar-refractivity contribution in [1.82, 2.24) is 5.32 Å². The zero-order valence-corrected chi connectivity index (χ0v) is 16.2. The largest absolute Gasteiger partial charge is 0.356 e. The summed E-state index contributed by atoms with van der Waals surface area (Å²) >= 11 is 11.8. The highest BCUT2D eigenvalue weighted by Crippen LogP contribution is 2.20. The average molecular weight is 363 g/mol. The van der Waals surface area contributed by atoms with Crippen LogP contribution in [-0.2, 0) is 0 Å². The van der Waals surface area contributed by atoms with Crippen molar-refractivity contribution < 1.29 is 4.90 Å². The van der Waals surface area contributed by atoms with Crippen LogP contribution in [-0.4, -0.2) is 25.8 Å². The Balaban J connectivity index is 2.03. The Kier molecular flexibility index (Phi) is 6.60. The summed E-state index contributed by atoms with van der Waals surface area (Å²) in [4.78, 5) is 1.30. The molecule has 1 atom stereocenters. The number of anilines is 1. The number of nitrogens with one attached hydrogen (secondary N) is 3. The first kappa shape index (κ1) is 18.7. The van der Waals surface area contributed by atoms with Crippen LogP contribution in [0.4, 0.5) is 5.69 Å². The van der Waals surface area contributed by atoms with Crippen LogP contribution < -0.4 is 15.5 Å². The van der Waals surface area contributed by atoms with Gasteiger partial charge in [0.05, 0.1) is 20.6 Å². The molecule has 0 saturated heterocycles. The molecule has 0 fully saturated rings. The molecule has 0 aromatic heterocycles. The summed E-state index contributed by atoms with van der Waals surface area (Å²) in [6.45, 7) is 4.85. The summed E-state index contributed by atoms with van der Waals surface area (Å²) in [6, 6.07) is 14.5. The Morgan fingerprint density at radius 1 is 1.17 bits per heavy atom. The molecule has 24 heavy (non-hydrogen) atoms. The van der Waals surface area contributed by atoms with Gasteiger partial charge in [0, 0.05) is 16.3 Å². The molecule has 0 amide bonds. The maximum Gasteiger partial charge on any atom is 0.171 e. The van der Waals surface area contributed by atoms with E-state index in [2.05, 4.69) is 62.8 Å². The van der Waals surface area contributed by atoms with Crippen molar-refractivity contribution in [3.63, 3.8) is 0 Å². The highest BCUT2D eigenvalue weighted by Gasteiger charge is 2.20. The van der Waals surface area contributed by atoms with Gasteiger partial charge in [-0.2, -0.15) is 0 Å². The van der Waals surface area contributed by atoms with Gasteiger partial charge in [-0.05, 0) is 49.3 Å². The maximum atomic E-state index is 6.36. The van der Waals surface area contributed by atoms with Crippen LogP contribution in [0.25, 0.3) is 0 Å². The number of thiocarbonyl (C=S) groups is 1. The summed E-state index contributed by atoms with van der Waals surface area (Å²) in [5.74, 6) is 0. The minimum Gasteiger partial charge on any atom is -0.356 e. The van der Waals surface area contributed by atoms with Gasteiger partial charge in [-0.15, -0.1) is 0 Å². The predicted molar refractivity (Wildman–Crippen MR) is 107 cm³/mol. The van der Waals surface area contributed by atoms with E-state index in [-0.39, 0.29) is 6.04 Å². The molecule has 3 N–H and O–H groups in total. The van der Waals surface area contributed by atoms with E-state index >= 15 is 0 Å². The topological polar surface area (TPSA) is 28.5 Å². The number of aryl methyl sites for hydroxylation is 2. The van der Waals surface area contributed by atoms with Crippen molar-refractivity contribution >= 4 is 34.6 Å². The molecule has 3 nitrogen and oxygen atoms in total. The molecule has 0 aliphatic rings. The molecule has 2 aromatic rings. The molecule has 0 bridgehead atoms. The second kappa shape index (κ2) is 8.47. The summed E-state index contributed by atoms with van der Waals surface area (Å²) < 4.78 is 0. The van der Waals surface area contributed by atoms with Crippen LogP contribution in [0, 0.1) is 13.8 Å². The van der Waals surface area contributed by atoms with Crippen LogP contribution in [0.2, 0.25) is 5.02 Å². The Morgan fingerprint density at radius 3 is 2.54 bits per heavy atom. The Bertz CT molecular complexity index is 716. The normalized spacial score (nSPS) is 12.1. The van der Waals surface area contributed by atoms with Crippen molar-refractivity contribution in [2.24, 2.45) is 0 Å². The number of halogens is 1. The van der Waals surface area contributed by atoms with E-state index in [9.17, 15) is 0 Å². The van der Waals surface area contributed by atoms with Gasteiger partial charge in [-0.1, -0.05) is 41.9 Å². The lowest BCUT2D eigenvalue weighted by atomic mass is 10.1. The molecular formula is C19H25ClN3S+. The van der Waals surface area contributed by atoms with Crippen LogP contribution >= 0.6 is 23.8 Å². The predicted octanol–water partition coefficient (Wildman–Crippen LogP) is 3.13. The van der Waals surface area contributed by atoms with Crippen LogP contribution in [0.3, 0.4) is 0 Å². The van der Waals surface area contributed by atoms with E-state index in [1.807, 2.05) is 18.2 Å². The minimum absolute atomic E-state index is 0.219. The molecule has 0 aliphatic carbocycles. The van der Waals surface area contributed by atoms with Gasteiger partial charge < -0.3 is 15.5 Å². The number of likely N-dealkylation sites (N-methyl/N-ethyl adjacent to an activating group) is 1. The van der Waals surface area contributed by atoms with E-state index in [1.165, 1.54) is 16.0 Å². The van der Waals surface area contributed by atoms with Crippen LogP contribution in [0.15, 0.2) is 42.5 Å². The molecule has 0 saturated carbocycles. The van der Waals surface area contributed by atoms with Gasteiger partial charge in [-0.25, -0.2) is 0 Å². The Hall–Kier alpha value is -1.62. The summed E-state index contributed by atoms with van der Waals surface area (Å²) in [5.41, 5.74) is 4.54. The fourth-order valence-corrected chi connectivity index (χ4v) is 3.08. The number of rotatable bonds is 5. The molecule has 5 heteroatoms. The van der Waals surface area contributed by atoms with E-state index in [1.54, 1.807) is 0 Å². The molecule has 2 aromatic carbocycles. The summed E-state index contributed by atoms with van der Waals surface area (Å²) in [5, 5.41) is 8.03. The van der Waals surface area contributed by atoms with Crippen LogP contribution in [0.1, 0.15) is 22.7 Å². The average Bonchev–Trinajstić information content (AvgIpc) is 2.52. The standard InChI is InChI=1S/C19H24ClN3S/c1-13-9-10-14(2)17(11-13)22-19(24)21-12-18(23(3)4)15-7-5-6-8-16(15)20/h5-11,18H,12H2,1-4H3,(H2,21,22,24)/p+1/t18-/m1/s1. The van der Waals surface area contributed by atoms with Gasteiger partial charge in [0.15, 0.2) is 5.11 Å². The smallest absolute Gasteiger partial charge is 0.171 e. The highest BCUT2D eigenvalue weighted by molar-refractivity contribution is 7.80. The van der Waals surface area contributed by atoms with Crippen molar-refractivity contribution in [3.05, 3.63) is 64.2 Å². The van der Waals surface area contributed by atoms with Gasteiger partial charge in [-0.3, -0.25) is 0 Å². The summed E-state index contributed by atoms with van der Waals surface area (Å²) in [7, 11) is 4.24. The van der Waals surface area contributed by atoms with Gasteiger partial charge in [0.1, 0.15) is 6.04 Å². The van der Waals surface area contributed by atoms with E-state index < -0.39 is 0 Å². The van der Waals surface area contributed by atoms with E-state index in [0.717, 1.165) is 16.3 Å². The first-order chi connectivity index (χ1) is 11.4. The number of benzene rings is 2. The van der Waals surface area contributed by atoms with Gasteiger partial charge >= 0.3 is 0 Å². The first-order valence-electron chi connectivity index (χ1n) is 8.05. The van der Waals surface area contributed by atoms with Crippen molar-refractivity contribution in [1.29, 1.82) is 0 Å². The highest BCUT2D eigenvalue weighted by atomic mass is 35.5. The van der Waals surface area contributed by atoms with Crippen LogP contribution in [0.5, 0.6) is 0 Å². The second-order valence-corrected chi connectivity index (χ2v) is 7.12. The lowest BCUT2D eigenvalue weighted by Crippen LogP contribution is -3.07. The van der Waals surface area contributed by atoms with E-state index in [0.29, 0.717) is 11.7 Å². The van der Waals surface area contributed by atoms with Crippen molar-refractivity contribution in [2.45, 2.75) is 19.9 Å². The molecule has 128 valence electrons. The first-order valence-corrected chi connectivity index (χ1v) is 8.83. The lowest BCUT2D eigenvalue weighted by molar-refractivity contribution is -0.890. The zero-order chi connectivity index (χ0) is 17.7. The molecule has 0 heterocycles. The Labute approximate surface area is 155 Å². The fourth-order valence-electron chi connectivity index (χ4n) is 2.61. The molecule has 0 radical (unpaired) electrons. The summed E-state index contributed by atoms with van der Waals surface area (Å²) in [6.07, 6.45) is 0. The monoisotopic (exact) mass is 362 g/mol. The van der Waals surface area contributed by atoms with Gasteiger partial charge in [0.2, 0.25) is 0 Å². The molecule has 2 rings (SSSR count). The molecule has 0 aliphatic heterocycles. The zero-order valence-electron chi connectivity index (χ0n) is 14.6. The van der Waals surface area contributed by atoms with Crippen molar-refractivity contribution in [2.75, 3.05) is 26.0 Å². The number of quaternary nitrogens is 1. The molecule has 0 spiro atoms. The number of hydrogen-bond donors (Lipinski definition) is 3. The molecular weight excluding hydrogens is 338 g/mol.